The molecule has 0 spiro atoms. The van der Waals surface area contributed by atoms with Gasteiger partial charge in [-0.25, -0.2) is 8.78 Å². The average molecular weight is 257 g/mol. The van der Waals surface area contributed by atoms with Crippen molar-refractivity contribution in [1.29, 1.82) is 0 Å². The Hall–Kier alpha value is -1.49. The van der Waals surface area contributed by atoms with Gasteiger partial charge in [0.05, 0.1) is 5.60 Å². The highest BCUT2D eigenvalue weighted by Gasteiger charge is 2.26. The number of hydrogen-bond acceptors (Lipinski definition) is 2. The summed E-state index contributed by atoms with van der Waals surface area (Å²) in [6.07, 6.45) is 0. The maximum Gasteiger partial charge on any atom is 0.259 e. The minimum absolute atomic E-state index is 0.0100. The summed E-state index contributed by atoms with van der Waals surface area (Å²) in [5, 5.41) is 9.67. The lowest BCUT2D eigenvalue weighted by atomic mass is 10.1. The number of benzene rings is 1. The number of aliphatic hydroxyl groups is 1. The van der Waals surface area contributed by atoms with E-state index in [-0.39, 0.29) is 13.1 Å². The topological polar surface area (TPSA) is 40.5 Å². The van der Waals surface area contributed by atoms with E-state index in [1.54, 1.807) is 6.92 Å². The Kier molecular flexibility index (Phi) is 4.40. The van der Waals surface area contributed by atoms with Crippen molar-refractivity contribution in [3.05, 3.63) is 35.4 Å². The summed E-state index contributed by atoms with van der Waals surface area (Å²) >= 11 is 0. The molecule has 0 saturated heterocycles. The van der Waals surface area contributed by atoms with Crippen LogP contribution in [0.5, 0.6) is 0 Å². The van der Waals surface area contributed by atoms with E-state index in [1.165, 1.54) is 24.8 Å². The lowest BCUT2D eigenvalue weighted by Crippen LogP contribution is -2.42. The van der Waals surface area contributed by atoms with Gasteiger partial charge in [-0.2, -0.15) is 0 Å². The first kappa shape index (κ1) is 14.6. The minimum Gasteiger partial charge on any atom is -0.389 e. The van der Waals surface area contributed by atoms with E-state index in [9.17, 15) is 18.7 Å². The number of hydrogen-bond donors (Lipinski definition) is 1. The quantitative estimate of drug-likeness (QED) is 0.898. The van der Waals surface area contributed by atoms with Crippen molar-refractivity contribution in [1.82, 2.24) is 4.90 Å². The molecule has 18 heavy (non-hydrogen) atoms. The first-order valence-corrected chi connectivity index (χ1v) is 5.72. The molecule has 0 bridgehead atoms. The summed E-state index contributed by atoms with van der Waals surface area (Å²) < 4.78 is 27.0. The van der Waals surface area contributed by atoms with Crippen molar-refractivity contribution in [2.24, 2.45) is 0 Å². The Morgan fingerprint density at radius 1 is 1.33 bits per heavy atom. The summed E-state index contributed by atoms with van der Waals surface area (Å²) in [4.78, 5) is 13.2. The zero-order chi connectivity index (χ0) is 13.9. The molecular weight excluding hydrogens is 240 g/mol. The van der Waals surface area contributed by atoms with Gasteiger partial charge in [-0.05, 0) is 32.9 Å². The summed E-state index contributed by atoms with van der Waals surface area (Å²) in [6, 6.07) is 3.27. The molecule has 0 aliphatic carbocycles. The second kappa shape index (κ2) is 5.44. The van der Waals surface area contributed by atoms with Gasteiger partial charge < -0.3 is 10.0 Å². The van der Waals surface area contributed by atoms with E-state index in [0.29, 0.717) is 0 Å². The van der Waals surface area contributed by atoms with E-state index in [0.717, 1.165) is 12.1 Å². The van der Waals surface area contributed by atoms with E-state index in [1.807, 2.05) is 0 Å². The predicted octanol–water partition coefficient (Wildman–Crippen LogP) is 2.20. The summed E-state index contributed by atoms with van der Waals surface area (Å²) in [5.41, 5.74) is -1.70. The average Bonchev–Trinajstić information content (AvgIpc) is 2.24. The molecule has 0 unspecified atom stereocenters. The molecule has 0 aromatic heterocycles. The largest absolute Gasteiger partial charge is 0.389 e. The summed E-state index contributed by atoms with van der Waals surface area (Å²) in [7, 11) is 0. The third-order valence-corrected chi connectivity index (χ3v) is 2.42. The van der Waals surface area contributed by atoms with Gasteiger partial charge in [-0.1, -0.05) is 6.07 Å². The second-order valence-electron chi connectivity index (χ2n) is 4.73. The smallest absolute Gasteiger partial charge is 0.259 e. The third kappa shape index (κ3) is 3.50. The van der Waals surface area contributed by atoms with Crippen LogP contribution in [0.4, 0.5) is 8.78 Å². The summed E-state index contributed by atoms with van der Waals surface area (Å²) in [5.74, 6) is -2.54. The van der Waals surface area contributed by atoms with E-state index in [4.69, 9.17) is 0 Å². The molecule has 1 N–H and O–H groups in total. The molecule has 0 aliphatic heterocycles. The van der Waals surface area contributed by atoms with Crippen molar-refractivity contribution in [2.75, 3.05) is 13.1 Å². The molecule has 0 fully saturated rings. The Morgan fingerprint density at radius 3 is 2.22 bits per heavy atom. The lowest BCUT2D eigenvalue weighted by Gasteiger charge is -2.28. The summed E-state index contributed by atoms with van der Waals surface area (Å²) in [6.45, 7) is 5.01. The van der Waals surface area contributed by atoms with Crippen LogP contribution in [-0.4, -0.2) is 34.6 Å². The molecule has 0 heterocycles. The van der Waals surface area contributed by atoms with Crippen molar-refractivity contribution < 1.29 is 18.7 Å². The first-order chi connectivity index (χ1) is 8.26. The lowest BCUT2D eigenvalue weighted by molar-refractivity contribution is 0.0309. The molecule has 5 heteroatoms. The fourth-order valence-electron chi connectivity index (χ4n) is 1.65. The zero-order valence-electron chi connectivity index (χ0n) is 10.7. The maximum atomic E-state index is 13.5. The van der Waals surface area contributed by atoms with Gasteiger partial charge in [0.15, 0.2) is 0 Å². The van der Waals surface area contributed by atoms with E-state index < -0.39 is 28.7 Å². The fraction of sp³-hybridized carbons (Fsp3) is 0.462. The van der Waals surface area contributed by atoms with Crippen LogP contribution in [0.25, 0.3) is 0 Å². The van der Waals surface area contributed by atoms with Crippen LogP contribution in [0.3, 0.4) is 0 Å². The van der Waals surface area contributed by atoms with Crippen molar-refractivity contribution in [2.45, 2.75) is 26.4 Å². The molecule has 0 atom stereocenters. The molecule has 1 amide bonds. The number of amides is 1. The number of carbonyl (C=O) groups is 1. The normalized spacial score (nSPS) is 11.4. The van der Waals surface area contributed by atoms with Crippen LogP contribution in [0.2, 0.25) is 0 Å². The van der Waals surface area contributed by atoms with Gasteiger partial charge in [0, 0.05) is 13.1 Å². The van der Waals surface area contributed by atoms with Crippen molar-refractivity contribution in [3.8, 4) is 0 Å². The van der Waals surface area contributed by atoms with Crippen LogP contribution >= 0.6 is 0 Å². The fourth-order valence-corrected chi connectivity index (χ4v) is 1.65. The first-order valence-electron chi connectivity index (χ1n) is 5.72. The maximum absolute atomic E-state index is 13.5. The predicted molar refractivity (Wildman–Crippen MR) is 64.2 cm³/mol. The Labute approximate surface area is 105 Å². The molecule has 0 saturated carbocycles. The third-order valence-electron chi connectivity index (χ3n) is 2.42. The van der Waals surface area contributed by atoms with Gasteiger partial charge in [0.25, 0.3) is 5.91 Å². The Bertz CT molecular complexity index is 421. The number of rotatable bonds is 4. The SMILES string of the molecule is CCN(CC(C)(C)O)C(=O)c1c(F)cccc1F. The highest BCUT2D eigenvalue weighted by atomic mass is 19.1. The van der Waals surface area contributed by atoms with Gasteiger partial charge in [0.2, 0.25) is 0 Å². The van der Waals surface area contributed by atoms with Crippen LogP contribution in [-0.2, 0) is 0 Å². The number of nitrogens with zero attached hydrogens (tertiary/aromatic N) is 1. The van der Waals surface area contributed by atoms with E-state index >= 15 is 0 Å². The number of carbonyl (C=O) groups excluding carboxylic acids is 1. The molecule has 1 rings (SSSR count). The standard InChI is InChI=1S/C13H17F2NO2/c1-4-16(8-13(2,3)18)12(17)11-9(14)6-5-7-10(11)15/h5-7,18H,4,8H2,1-3H3. The van der Waals surface area contributed by atoms with Gasteiger partial charge >= 0.3 is 0 Å². The second-order valence-corrected chi connectivity index (χ2v) is 4.73. The molecule has 1 aromatic rings. The molecule has 1 aromatic carbocycles. The van der Waals surface area contributed by atoms with Crippen molar-refractivity contribution >= 4 is 5.91 Å². The molecule has 3 nitrogen and oxygen atoms in total. The monoisotopic (exact) mass is 257 g/mol. The van der Waals surface area contributed by atoms with Crippen LogP contribution < -0.4 is 0 Å². The highest BCUT2D eigenvalue weighted by Crippen LogP contribution is 2.16. The molecular formula is C13H17F2NO2. The van der Waals surface area contributed by atoms with Crippen LogP contribution in [0.1, 0.15) is 31.1 Å². The van der Waals surface area contributed by atoms with Gasteiger partial charge in [-0.3, -0.25) is 4.79 Å². The highest BCUT2D eigenvalue weighted by molar-refractivity contribution is 5.94. The Morgan fingerprint density at radius 2 is 1.83 bits per heavy atom. The number of halogens is 2. The molecule has 0 radical (unpaired) electrons. The van der Waals surface area contributed by atoms with Gasteiger partial charge in [-0.15, -0.1) is 0 Å². The van der Waals surface area contributed by atoms with Crippen LogP contribution in [0.15, 0.2) is 18.2 Å². The minimum atomic E-state index is -1.12. The zero-order valence-corrected chi connectivity index (χ0v) is 10.7. The van der Waals surface area contributed by atoms with Crippen LogP contribution in [0, 0.1) is 11.6 Å². The molecule has 0 aliphatic rings. The van der Waals surface area contributed by atoms with Gasteiger partial charge in [0.1, 0.15) is 17.2 Å². The van der Waals surface area contributed by atoms with Crippen molar-refractivity contribution in [3.63, 3.8) is 0 Å². The Balaban J connectivity index is 3.04. The molecule has 100 valence electrons. The van der Waals surface area contributed by atoms with E-state index in [2.05, 4.69) is 0 Å². The number of likely N-dealkylation sites (N-methyl/N-ethyl adjacent to an activating group) is 1.